The molecule has 2 N–H and O–H groups in total. The zero-order valence-corrected chi connectivity index (χ0v) is 16.7. The van der Waals surface area contributed by atoms with Gasteiger partial charge in [-0.1, -0.05) is 22.9 Å². The average Bonchev–Trinajstić information content (AvgIpc) is 2.69. The first kappa shape index (κ1) is 20.6. The van der Waals surface area contributed by atoms with Gasteiger partial charge >= 0.3 is 0 Å². The van der Waals surface area contributed by atoms with Crippen molar-refractivity contribution in [3.8, 4) is 17.2 Å². The molecule has 2 aromatic carbocycles. The number of halogens is 1. The Labute approximate surface area is 166 Å². The average molecular weight is 437 g/mol. The molecule has 144 valence electrons. The third-order valence-electron chi connectivity index (χ3n) is 3.39. The summed E-state index contributed by atoms with van der Waals surface area (Å²) in [5, 5.41) is 0. The highest BCUT2D eigenvalue weighted by molar-refractivity contribution is 9.10. The van der Waals surface area contributed by atoms with Crippen LogP contribution in [0.25, 0.3) is 0 Å². The summed E-state index contributed by atoms with van der Waals surface area (Å²) in [7, 11) is 1.57. The lowest BCUT2D eigenvalue weighted by Gasteiger charge is -2.13. The molecule has 0 aliphatic carbocycles. The monoisotopic (exact) mass is 436 g/mol. The van der Waals surface area contributed by atoms with Crippen molar-refractivity contribution in [1.29, 1.82) is 0 Å². The summed E-state index contributed by atoms with van der Waals surface area (Å²) >= 11 is 3.32. The van der Waals surface area contributed by atoms with Crippen molar-refractivity contribution in [2.45, 2.75) is 13.3 Å². The molecular weight excluding hydrogens is 416 g/mol. The smallest absolute Gasteiger partial charge is 0.276 e. The van der Waals surface area contributed by atoms with Crippen LogP contribution in [0.4, 0.5) is 0 Å². The van der Waals surface area contributed by atoms with E-state index in [0.29, 0.717) is 29.4 Å². The molecule has 2 rings (SSSR count). The number of carbonyl (C=O) groups is 2. The summed E-state index contributed by atoms with van der Waals surface area (Å²) in [4.78, 5) is 24.2. The molecule has 2 aromatic rings. The minimum Gasteiger partial charge on any atom is -0.497 e. The van der Waals surface area contributed by atoms with E-state index in [0.717, 1.165) is 10.9 Å². The lowest BCUT2D eigenvalue weighted by Crippen LogP contribution is -2.44. The summed E-state index contributed by atoms with van der Waals surface area (Å²) in [6, 6.07) is 11.9. The fourth-order valence-corrected chi connectivity index (χ4v) is 2.43. The molecule has 8 heteroatoms. The van der Waals surface area contributed by atoms with Gasteiger partial charge in [0, 0.05) is 4.47 Å². The molecule has 0 unspecified atom stereocenters. The van der Waals surface area contributed by atoms with Gasteiger partial charge in [-0.25, -0.2) is 0 Å². The Bertz CT molecular complexity index is 780. The standard InChI is InChI=1S/C19H21BrN2O5/c1-3-10-26-17-9-4-13(20)11-16(17)19(24)22-21-18(23)12-27-15-7-5-14(25-2)6-8-15/h4-9,11H,3,10,12H2,1-2H3,(H,21,23)(H,22,24). The van der Waals surface area contributed by atoms with Crippen LogP contribution >= 0.6 is 15.9 Å². The van der Waals surface area contributed by atoms with Crippen LogP contribution in [-0.4, -0.2) is 32.1 Å². The Morgan fingerprint density at radius 3 is 2.37 bits per heavy atom. The minimum atomic E-state index is -0.495. The van der Waals surface area contributed by atoms with Crippen molar-refractivity contribution in [2.75, 3.05) is 20.3 Å². The maximum absolute atomic E-state index is 12.3. The Balaban J connectivity index is 1.87. The summed E-state index contributed by atoms with van der Waals surface area (Å²) in [5.74, 6) is 0.667. The van der Waals surface area contributed by atoms with Gasteiger partial charge in [-0.05, 0) is 48.9 Å². The summed E-state index contributed by atoms with van der Waals surface area (Å²) < 4.78 is 16.7. The summed E-state index contributed by atoms with van der Waals surface area (Å²) in [5.41, 5.74) is 4.99. The molecular formula is C19H21BrN2O5. The molecule has 2 amide bonds. The number of nitrogens with one attached hydrogen (secondary N) is 2. The largest absolute Gasteiger partial charge is 0.497 e. The van der Waals surface area contributed by atoms with E-state index in [1.54, 1.807) is 49.6 Å². The maximum Gasteiger partial charge on any atom is 0.276 e. The molecule has 0 bridgehead atoms. The van der Waals surface area contributed by atoms with Crippen molar-refractivity contribution in [1.82, 2.24) is 10.9 Å². The molecule has 0 heterocycles. The summed E-state index contributed by atoms with van der Waals surface area (Å²) in [6.45, 7) is 2.22. The second-order valence-corrected chi connectivity index (χ2v) is 6.37. The van der Waals surface area contributed by atoms with Crippen LogP contribution in [0.3, 0.4) is 0 Å². The number of methoxy groups -OCH3 is 1. The predicted molar refractivity (Wildman–Crippen MR) is 104 cm³/mol. The van der Waals surface area contributed by atoms with Crippen LogP contribution < -0.4 is 25.1 Å². The molecule has 0 saturated carbocycles. The quantitative estimate of drug-likeness (QED) is 0.620. The molecule has 27 heavy (non-hydrogen) atoms. The van der Waals surface area contributed by atoms with Gasteiger partial charge in [-0.3, -0.25) is 20.4 Å². The molecule has 0 aliphatic heterocycles. The van der Waals surface area contributed by atoms with Gasteiger partial charge < -0.3 is 14.2 Å². The van der Waals surface area contributed by atoms with Gasteiger partial charge in [0.25, 0.3) is 11.8 Å². The first-order chi connectivity index (χ1) is 13.0. The number of ether oxygens (including phenoxy) is 3. The predicted octanol–water partition coefficient (Wildman–Crippen LogP) is 3.09. The Morgan fingerprint density at radius 1 is 1.00 bits per heavy atom. The fourth-order valence-electron chi connectivity index (χ4n) is 2.07. The fraction of sp³-hybridized carbons (Fsp3) is 0.263. The number of carbonyl (C=O) groups excluding carboxylic acids is 2. The Kier molecular flexibility index (Phi) is 7.94. The van der Waals surface area contributed by atoms with E-state index in [4.69, 9.17) is 14.2 Å². The molecule has 0 spiro atoms. The van der Waals surface area contributed by atoms with Crippen LogP contribution in [0.2, 0.25) is 0 Å². The molecule has 0 fully saturated rings. The normalized spacial score (nSPS) is 10.0. The Hall–Kier alpha value is -2.74. The van der Waals surface area contributed by atoms with Crippen molar-refractivity contribution >= 4 is 27.7 Å². The third-order valence-corrected chi connectivity index (χ3v) is 3.89. The highest BCUT2D eigenvalue weighted by Gasteiger charge is 2.14. The van der Waals surface area contributed by atoms with Gasteiger partial charge in [0.2, 0.25) is 0 Å². The van der Waals surface area contributed by atoms with E-state index in [-0.39, 0.29) is 6.61 Å². The molecule has 7 nitrogen and oxygen atoms in total. The second-order valence-electron chi connectivity index (χ2n) is 5.46. The zero-order chi connectivity index (χ0) is 19.6. The Morgan fingerprint density at radius 2 is 1.70 bits per heavy atom. The van der Waals surface area contributed by atoms with Gasteiger partial charge in [0.1, 0.15) is 17.2 Å². The van der Waals surface area contributed by atoms with Crippen LogP contribution in [0.1, 0.15) is 23.7 Å². The second kappa shape index (κ2) is 10.4. The van der Waals surface area contributed by atoms with Crippen LogP contribution in [0, 0.1) is 0 Å². The van der Waals surface area contributed by atoms with E-state index in [1.807, 2.05) is 6.92 Å². The topological polar surface area (TPSA) is 85.9 Å². The minimum absolute atomic E-state index is 0.246. The van der Waals surface area contributed by atoms with Crippen LogP contribution in [0.15, 0.2) is 46.9 Å². The number of hydrogen-bond donors (Lipinski definition) is 2. The van der Waals surface area contributed by atoms with Gasteiger partial charge in [0.15, 0.2) is 6.61 Å². The van der Waals surface area contributed by atoms with E-state index < -0.39 is 11.8 Å². The van der Waals surface area contributed by atoms with Gasteiger partial charge in [0.05, 0.1) is 19.3 Å². The van der Waals surface area contributed by atoms with Crippen molar-refractivity contribution in [3.05, 3.63) is 52.5 Å². The van der Waals surface area contributed by atoms with Crippen molar-refractivity contribution < 1.29 is 23.8 Å². The molecule has 0 radical (unpaired) electrons. The van der Waals surface area contributed by atoms with E-state index in [9.17, 15) is 9.59 Å². The number of benzene rings is 2. The third kappa shape index (κ3) is 6.49. The highest BCUT2D eigenvalue weighted by atomic mass is 79.9. The number of hydrogen-bond acceptors (Lipinski definition) is 5. The maximum atomic E-state index is 12.3. The zero-order valence-electron chi connectivity index (χ0n) is 15.1. The molecule has 0 aliphatic rings. The van der Waals surface area contributed by atoms with Crippen LogP contribution in [0.5, 0.6) is 17.2 Å². The lowest BCUT2D eigenvalue weighted by atomic mass is 10.2. The van der Waals surface area contributed by atoms with Gasteiger partial charge in [-0.15, -0.1) is 0 Å². The van der Waals surface area contributed by atoms with Crippen molar-refractivity contribution in [2.24, 2.45) is 0 Å². The first-order valence-electron chi connectivity index (χ1n) is 8.32. The molecule has 0 saturated heterocycles. The van der Waals surface area contributed by atoms with E-state index in [1.165, 1.54) is 0 Å². The lowest BCUT2D eigenvalue weighted by molar-refractivity contribution is -0.123. The number of hydrazine groups is 1. The van der Waals surface area contributed by atoms with Gasteiger partial charge in [-0.2, -0.15) is 0 Å². The number of rotatable bonds is 8. The van der Waals surface area contributed by atoms with Crippen LogP contribution in [-0.2, 0) is 4.79 Å². The molecule has 0 atom stereocenters. The van der Waals surface area contributed by atoms with Crippen molar-refractivity contribution in [3.63, 3.8) is 0 Å². The molecule has 0 aromatic heterocycles. The highest BCUT2D eigenvalue weighted by Crippen LogP contribution is 2.23. The van der Waals surface area contributed by atoms with E-state index >= 15 is 0 Å². The SMILES string of the molecule is CCCOc1ccc(Br)cc1C(=O)NNC(=O)COc1ccc(OC)cc1. The summed E-state index contributed by atoms with van der Waals surface area (Å²) in [6.07, 6.45) is 0.816. The number of amides is 2. The first-order valence-corrected chi connectivity index (χ1v) is 9.11. The van der Waals surface area contributed by atoms with E-state index in [2.05, 4.69) is 26.8 Å².